The molecule has 0 saturated carbocycles. The third kappa shape index (κ3) is 3.98. The van der Waals surface area contributed by atoms with Crippen molar-refractivity contribution in [3.05, 3.63) is 68.6 Å². The highest BCUT2D eigenvalue weighted by Gasteiger charge is 2.15. The van der Waals surface area contributed by atoms with Crippen LogP contribution in [-0.2, 0) is 6.61 Å². The summed E-state index contributed by atoms with van der Waals surface area (Å²) < 4.78 is 15.7. The second-order valence-electron chi connectivity index (χ2n) is 5.20. The van der Waals surface area contributed by atoms with E-state index in [0.29, 0.717) is 5.56 Å². The van der Waals surface area contributed by atoms with Crippen molar-refractivity contribution in [1.29, 1.82) is 0 Å². The second-order valence-corrected chi connectivity index (χ2v) is 5.20. The summed E-state index contributed by atoms with van der Waals surface area (Å²) in [5.74, 6) is 0.875. The minimum atomic E-state index is -0.541. The highest BCUT2D eigenvalue weighted by atomic mass is 16.6. The van der Waals surface area contributed by atoms with Crippen molar-refractivity contribution in [3.8, 4) is 22.9 Å². The Morgan fingerprint density at radius 1 is 1.00 bits per heavy atom. The van der Waals surface area contributed by atoms with Crippen LogP contribution < -0.4 is 9.47 Å². The summed E-state index contributed by atoms with van der Waals surface area (Å²) in [6.45, 7) is -0.0891. The highest BCUT2D eigenvalue weighted by molar-refractivity contribution is 5.56. The van der Waals surface area contributed by atoms with Crippen LogP contribution in [0.3, 0.4) is 0 Å². The fraction of sp³-hybridized carbons (Fsp3) is 0.125. The molecule has 1 aromatic heterocycles. The molecule has 0 aliphatic carbocycles. The quantitative estimate of drug-likeness (QED) is 0.451. The number of ether oxygens (including phenoxy) is 2. The van der Waals surface area contributed by atoms with Crippen molar-refractivity contribution in [2.24, 2.45) is 0 Å². The smallest absolute Gasteiger partial charge is 0.273 e. The SMILES string of the molecule is COc1cc([N+](=O)[O-])ccc1OCc1nc(-c2ccc([N+](=O)[O-])cc2)no1. The van der Waals surface area contributed by atoms with Gasteiger partial charge in [0.15, 0.2) is 18.1 Å². The third-order valence-electron chi connectivity index (χ3n) is 3.51. The fourth-order valence-electron chi connectivity index (χ4n) is 2.19. The predicted molar refractivity (Wildman–Crippen MR) is 90.4 cm³/mol. The molecule has 3 rings (SSSR count). The zero-order valence-corrected chi connectivity index (χ0v) is 13.9. The van der Waals surface area contributed by atoms with Crippen molar-refractivity contribution < 1.29 is 23.8 Å². The Balaban J connectivity index is 1.71. The Morgan fingerprint density at radius 2 is 1.67 bits per heavy atom. The molecule has 27 heavy (non-hydrogen) atoms. The van der Waals surface area contributed by atoms with E-state index >= 15 is 0 Å². The first-order valence-corrected chi connectivity index (χ1v) is 7.50. The van der Waals surface area contributed by atoms with Crippen LogP contribution >= 0.6 is 0 Å². The lowest BCUT2D eigenvalue weighted by Crippen LogP contribution is -1.99. The van der Waals surface area contributed by atoms with Crippen LogP contribution in [0, 0.1) is 20.2 Å². The molecule has 0 fully saturated rings. The highest BCUT2D eigenvalue weighted by Crippen LogP contribution is 2.31. The van der Waals surface area contributed by atoms with Crippen LogP contribution in [-0.4, -0.2) is 27.1 Å². The first kappa shape index (κ1) is 17.8. The van der Waals surface area contributed by atoms with Gasteiger partial charge >= 0.3 is 0 Å². The van der Waals surface area contributed by atoms with Crippen LogP contribution in [0.2, 0.25) is 0 Å². The number of hydrogen-bond acceptors (Lipinski definition) is 9. The number of non-ortho nitro benzene ring substituents is 2. The van der Waals surface area contributed by atoms with Gasteiger partial charge in [-0.15, -0.1) is 0 Å². The van der Waals surface area contributed by atoms with Gasteiger partial charge in [0.05, 0.1) is 23.0 Å². The van der Waals surface area contributed by atoms with Crippen LogP contribution in [0.25, 0.3) is 11.4 Å². The molecule has 0 bridgehead atoms. The van der Waals surface area contributed by atoms with Crippen molar-refractivity contribution >= 4 is 11.4 Å². The van der Waals surface area contributed by atoms with Gasteiger partial charge in [0, 0.05) is 23.8 Å². The Kier molecular flexibility index (Phi) is 4.92. The molecule has 0 saturated heterocycles. The van der Waals surface area contributed by atoms with E-state index in [1.807, 2.05) is 0 Å². The average Bonchev–Trinajstić information content (AvgIpc) is 3.15. The van der Waals surface area contributed by atoms with Gasteiger partial charge in [-0.25, -0.2) is 0 Å². The summed E-state index contributed by atoms with van der Waals surface area (Å²) in [4.78, 5) is 24.6. The largest absolute Gasteiger partial charge is 0.493 e. The summed E-state index contributed by atoms with van der Waals surface area (Å²) >= 11 is 0. The lowest BCUT2D eigenvalue weighted by molar-refractivity contribution is -0.385. The van der Waals surface area contributed by atoms with Gasteiger partial charge in [-0.3, -0.25) is 20.2 Å². The molecular weight excluding hydrogens is 360 g/mol. The Labute approximate surface area is 151 Å². The van der Waals surface area contributed by atoms with E-state index in [1.54, 1.807) is 0 Å². The Hall–Kier alpha value is -4.02. The third-order valence-corrected chi connectivity index (χ3v) is 3.51. The first-order chi connectivity index (χ1) is 13.0. The van der Waals surface area contributed by atoms with Crippen molar-refractivity contribution in [3.63, 3.8) is 0 Å². The van der Waals surface area contributed by atoms with Crippen LogP contribution in [0.1, 0.15) is 5.89 Å². The molecule has 0 spiro atoms. The maximum absolute atomic E-state index is 10.8. The van der Waals surface area contributed by atoms with Gasteiger partial charge in [-0.1, -0.05) is 5.16 Å². The van der Waals surface area contributed by atoms with Crippen molar-refractivity contribution in [2.45, 2.75) is 6.61 Å². The molecule has 0 radical (unpaired) electrons. The van der Waals surface area contributed by atoms with Gasteiger partial charge in [0.1, 0.15) is 0 Å². The number of hydrogen-bond donors (Lipinski definition) is 0. The van der Waals surface area contributed by atoms with E-state index < -0.39 is 9.85 Å². The molecule has 0 aliphatic rings. The molecule has 0 N–H and O–H groups in total. The maximum Gasteiger partial charge on any atom is 0.273 e. The topological polar surface area (TPSA) is 144 Å². The molecule has 0 atom stereocenters. The first-order valence-electron chi connectivity index (χ1n) is 7.50. The number of nitrogens with zero attached hydrogens (tertiary/aromatic N) is 4. The fourth-order valence-corrected chi connectivity index (χ4v) is 2.19. The van der Waals surface area contributed by atoms with Gasteiger partial charge in [0.2, 0.25) is 5.82 Å². The average molecular weight is 372 g/mol. The molecular formula is C16H12N4O7. The van der Waals surface area contributed by atoms with Crippen LogP contribution in [0.5, 0.6) is 11.5 Å². The monoisotopic (exact) mass is 372 g/mol. The lowest BCUT2D eigenvalue weighted by atomic mass is 10.2. The zero-order chi connectivity index (χ0) is 19.4. The van der Waals surface area contributed by atoms with Crippen LogP contribution in [0.15, 0.2) is 47.0 Å². The van der Waals surface area contributed by atoms with E-state index in [-0.39, 0.29) is 41.2 Å². The molecule has 0 amide bonds. The standard InChI is InChI=1S/C16H12N4O7/c1-25-14-8-12(20(23)24)6-7-13(14)26-9-15-17-16(18-27-15)10-2-4-11(5-3-10)19(21)22/h2-8H,9H2,1H3. The van der Waals surface area contributed by atoms with E-state index in [9.17, 15) is 20.2 Å². The Bertz CT molecular complexity index is 985. The molecule has 11 nitrogen and oxygen atoms in total. The maximum atomic E-state index is 10.8. The number of benzene rings is 2. The normalized spacial score (nSPS) is 10.4. The number of nitro benzene ring substituents is 2. The van der Waals surface area contributed by atoms with Gasteiger partial charge < -0.3 is 14.0 Å². The number of rotatable bonds is 7. The summed E-state index contributed by atoms with van der Waals surface area (Å²) in [7, 11) is 1.37. The van der Waals surface area contributed by atoms with E-state index in [2.05, 4.69) is 10.1 Å². The molecule has 11 heteroatoms. The van der Waals surface area contributed by atoms with Gasteiger partial charge in [-0.05, 0) is 18.2 Å². The second kappa shape index (κ2) is 7.47. The molecule has 1 heterocycles. The van der Waals surface area contributed by atoms with Crippen molar-refractivity contribution in [2.75, 3.05) is 7.11 Å². The number of nitro groups is 2. The molecule has 2 aromatic carbocycles. The van der Waals surface area contributed by atoms with E-state index in [1.165, 1.54) is 49.6 Å². The van der Waals surface area contributed by atoms with Crippen LogP contribution in [0.4, 0.5) is 11.4 Å². The van der Waals surface area contributed by atoms with E-state index in [4.69, 9.17) is 14.0 Å². The summed E-state index contributed by atoms with van der Waals surface area (Å²) in [5, 5.41) is 25.3. The van der Waals surface area contributed by atoms with E-state index in [0.717, 1.165) is 0 Å². The predicted octanol–water partition coefficient (Wildman–Crippen LogP) is 3.14. The molecule has 0 unspecified atom stereocenters. The molecule has 3 aromatic rings. The Morgan fingerprint density at radius 3 is 2.30 bits per heavy atom. The lowest BCUT2D eigenvalue weighted by Gasteiger charge is -2.08. The molecule has 0 aliphatic heterocycles. The zero-order valence-electron chi connectivity index (χ0n) is 13.9. The van der Waals surface area contributed by atoms with Crippen molar-refractivity contribution in [1.82, 2.24) is 10.1 Å². The van der Waals surface area contributed by atoms with Gasteiger partial charge in [0.25, 0.3) is 17.3 Å². The summed E-state index contributed by atoms with van der Waals surface area (Å²) in [6.07, 6.45) is 0. The summed E-state index contributed by atoms with van der Waals surface area (Å²) in [5.41, 5.74) is 0.372. The number of aromatic nitrogens is 2. The molecule has 138 valence electrons. The minimum Gasteiger partial charge on any atom is -0.493 e. The number of methoxy groups -OCH3 is 1. The minimum absolute atomic E-state index is 0.0453. The summed E-state index contributed by atoms with van der Waals surface area (Å²) in [6, 6.07) is 9.62. The van der Waals surface area contributed by atoms with Gasteiger partial charge in [-0.2, -0.15) is 4.98 Å².